The van der Waals surface area contributed by atoms with Crippen LogP contribution in [0.15, 0.2) is 6.07 Å². The molecule has 1 unspecified atom stereocenters. The van der Waals surface area contributed by atoms with Crippen LogP contribution in [0.3, 0.4) is 0 Å². The molecule has 0 bridgehead atoms. The lowest BCUT2D eigenvalue weighted by atomic mass is 10.0. The van der Waals surface area contributed by atoms with E-state index in [0.29, 0.717) is 6.04 Å². The van der Waals surface area contributed by atoms with Gasteiger partial charge in [0.15, 0.2) is 0 Å². The summed E-state index contributed by atoms with van der Waals surface area (Å²) >= 11 is 0. The minimum Gasteiger partial charge on any atom is -0.370 e. The summed E-state index contributed by atoms with van der Waals surface area (Å²) in [6.07, 6.45) is 5.93. The Morgan fingerprint density at radius 3 is 2.62 bits per heavy atom. The molecule has 1 fully saturated rings. The summed E-state index contributed by atoms with van der Waals surface area (Å²) in [6.45, 7) is 7.30. The summed E-state index contributed by atoms with van der Waals surface area (Å²) < 4.78 is 0. The van der Waals surface area contributed by atoms with Gasteiger partial charge >= 0.3 is 0 Å². The molecule has 21 heavy (non-hydrogen) atoms. The quantitative estimate of drug-likeness (QED) is 0.809. The van der Waals surface area contributed by atoms with Crippen LogP contribution in [0.4, 0.5) is 11.6 Å². The van der Waals surface area contributed by atoms with E-state index in [9.17, 15) is 0 Å². The number of aryl methyl sites for hydroxylation is 1. The Kier molecular flexibility index (Phi) is 6.23. The molecule has 1 aromatic rings. The third-order valence-electron chi connectivity index (χ3n) is 4.04. The van der Waals surface area contributed by atoms with E-state index in [1.807, 2.05) is 6.07 Å². The van der Waals surface area contributed by atoms with Crippen LogP contribution < -0.4 is 10.6 Å². The minimum absolute atomic E-state index is 0.617. The second-order valence-electron chi connectivity index (χ2n) is 5.85. The Morgan fingerprint density at radius 2 is 1.95 bits per heavy atom. The van der Waals surface area contributed by atoms with E-state index in [-0.39, 0.29) is 0 Å². The first-order valence-electron chi connectivity index (χ1n) is 8.28. The van der Waals surface area contributed by atoms with E-state index in [1.165, 1.54) is 25.8 Å². The summed E-state index contributed by atoms with van der Waals surface area (Å²) in [5, 5.41) is 6.80. The number of likely N-dealkylation sites (N-methyl/N-ethyl adjacent to an activating group) is 1. The first-order chi connectivity index (χ1) is 10.2. The highest BCUT2D eigenvalue weighted by molar-refractivity contribution is 5.47. The molecule has 0 saturated carbocycles. The van der Waals surface area contributed by atoms with Gasteiger partial charge in [0, 0.05) is 31.6 Å². The highest BCUT2D eigenvalue weighted by Crippen LogP contribution is 2.17. The van der Waals surface area contributed by atoms with Crippen LogP contribution in [0.5, 0.6) is 0 Å². The Bertz CT molecular complexity index is 410. The first-order valence-corrected chi connectivity index (χ1v) is 8.28. The van der Waals surface area contributed by atoms with Crippen molar-refractivity contribution >= 4 is 11.6 Å². The standard InChI is InChI=1S/C16H29N5/c1-4-8-14-19-15(17-5-2)11-16(20-14)18-12-13-9-6-7-10-21(13)3/h11,13H,4-10,12H2,1-3H3,(H2,17,18,19,20). The molecule has 1 atom stereocenters. The van der Waals surface area contributed by atoms with Crippen LogP contribution in [0.25, 0.3) is 0 Å². The number of aromatic nitrogens is 2. The third-order valence-corrected chi connectivity index (χ3v) is 4.04. The second kappa shape index (κ2) is 8.17. The van der Waals surface area contributed by atoms with E-state index in [0.717, 1.165) is 43.4 Å². The molecule has 1 aliphatic heterocycles. The van der Waals surface area contributed by atoms with Crippen molar-refractivity contribution in [3.63, 3.8) is 0 Å². The summed E-state index contributed by atoms with van der Waals surface area (Å²) in [5.41, 5.74) is 0. The van der Waals surface area contributed by atoms with Crippen LogP contribution in [0.2, 0.25) is 0 Å². The maximum atomic E-state index is 4.63. The zero-order valence-corrected chi connectivity index (χ0v) is 13.7. The van der Waals surface area contributed by atoms with Gasteiger partial charge in [-0.15, -0.1) is 0 Å². The fourth-order valence-corrected chi connectivity index (χ4v) is 2.82. The number of nitrogens with zero attached hydrogens (tertiary/aromatic N) is 3. The van der Waals surface area contributed by atoms with Crippen LogP contribution in [0, 0.1) is 0 Å². The lowest BCUT2D eigenvalue weighted by molar-refractivity contribution is 0.194. The molecular formula is C16H29N5. The van der Waals surface area contributed by atoms with Crippen LogP contribution in [-0.4, -0.2) is 47.6 Å². The normalized spacial score (nSPS) is 19.5. The molecule has 2 rings (SSSR count). The minimum atomic E-state index is 0.617. The predicted octanol–water partition coefficient (Wildman–Crippen LogP) is 2.76. The van der Waals surface area contributed by atoms with Crippen molar-refractivity contribution < 1.29 is 0 Å². The summed E-state index contributed by atoms with van der Waals surface area (Å²) in [5.74, 6) is 2.80. The molecule has 5 heteroatoms. The maximum absolute atomic E-state index is 4.63. The molecule has 1 aliphatic rings. The van der Waals surface area contributed by atoms with Gasteiger partial charge in [0.25, 0.3) is 0 Å². The molecule has 2 heterocycles. The Labute approximate surface area is 128 Å². The Hall–Kier alpha value is -1.36. The maximum Gasteiger partial charge on any atom is 0.133 e. The van der Waals surface area contributed by atoms with Crippen LogP contribution >= 0.6 is 0 Å². The average Bonchev–Trinajstić information content (AvgIpc) is 2.47. The number of anilines is 2. The molecule has 118 valence electrons. The van der Waals surface area contributed by atoms with Crippen molar-refractivity contribution in [2.75, 3.05) is 37.3 Å². The zero-order chi connectivity index (χ0) is 15.1. The van der Waals surface area contributed by atoms with Crippen molar-refractivity contribution in [1.29, 1.82) is 0 Å². The van der Waals surface area contributed by atoms with Gasteiger partial charge in [-0.1, -0.05) is 13.3 Å². The van der Waals surface area contributed by atoms with Crippen molar-refractivity contribution in [2.45, 2.75) is 52.0 Å². The van der Waals surface area contributed by atoms with Crippen molar-refractivity contribution in [3.05, 3.63) is 11.9 Å². The van der Waals surface area contributed by atoms with Gasteiger partial charge in [0.05, 0.1) is 0 Å². The Morgan fingerprint density at radius 1 is 1.19 bits per heavy atom. The van der Waals surface area contributed by atoms with Crippen molar-refractivity contribution in [1.82, 2.24) is 14.9 Å². The molecule has 1 saturated heterocycles. The zero-order valence-electron chi connectivity index (χ0n) is 13.7. The van der Waals surface area contributed by atoms with Crippen molar-refractivity contribution in [3.8, 4) is 0 Å². The first kappa shape index (κ1) is 16.0. The highest BCUT2D eigenvalue weighted by atomic mass is 15.2. The van der Waals surface area contributed by atoms with Gasteiger partial charge in [0.2, 0.25) is 0 Å². The van der Waals surface area contributed by atoms with Gasteiger partial charge in [-0.25, -0.2) is 9.97 Å². The number of rotatable bonds is 7. The van der Waals surface area contributed by atoms with E-state index < -0.39 is 0 Å². The van der Waals surface area contributed by atoms with Gasteiger partial charge in [-0.3, -0.25) is 0 Å². The molecule has 1 aromatic heterocycles. The lowest BCUT2D eigenvalue weighted by Crippen LogP contribution is -2.40. The summed E-state index contributed by atoms with van der Waals surface area (Å²) in [4.78, 5) is 11.6. The fraction of sp³-hybridized carbons (Fsp3) is 0.750. The van der Waals surface area contributed by atoms with Crippen LogP contribution in [-0.2, 0) is 6.42 Å². The molecule has 0 radical (unpaired) electrons. The monoisotopic (exact) mass is 291 g/mol. The average molecular weight is 291 g/mol. The largest absolute Gasteiger partial charge is 0.370 e. The number of nitrogens with one attached hydrogen (secondary N) is 2. The smallest absolute Gasteiger partial charge is 0.133 e. The predicted molar refractivity (Wildman–Crippen MR) is 88.9 cm³/mol. The third kappa shape index (κ3) is 4.84. The van der Waals surface area contributed by atoms with Crippen LogP contribution in [0.1, 0.15) is 45.4 Å². The van der Waals surface area contributed by atoms with E-state index in [2.05, 4.69) is 46.4 Å². The van der Waals surface area contributed by atoms with Crippen molar-refractivity contribution in [2.24, 2.45) is 0 Å². The fourth-order valence-electron chi connectivity index (χ4n) is 2.82. The summed E-state index contributed by atoms with van der Waals surface area (Å²) in [7, 11) is 2.22. The number of piperidine rings is 1. The second-order valence-corrected chi connectivity index (χ2v) is 5.85. The molecule has 5 nitrogen and oxygen atoms in total. The molecular weight excluding hydrogens is 262 g/mol. The molecule has 0 aromatic carbocycles. The lowest BCUT2D eigenvalue weighted by Gasteiger charge is -2.32. The van der Waals surface area contributed by atoms with E-state index >= 15 is 0 Å². The van der Waals surface area contributed by atoms with Gasteiger partial charge in [-0.2, -0.15) is 0 Å². The number of likely N-dealkylation sites (tertiary alicyclic amines) is 1. The molecule has 0 aliphatic carbocycles. The van der Waals surface area contributed by atoms with E-state index in [4.69, 9.17) is 0 Å². The molecule has 0 spiro atoms. The van der Waals surface area contributed by atoms with Gasteiger partial charge < -0.3 is 15.5 Å². The number of hydrogen-bond donors (Lipinski definition) is 2. The highest BCUT2D eigenvalue weighted by Gasteiger charge is 2.18. The van der Waals surface area contributed by atoms with Gasteiger partial charge in [-0.05, 0) is 39.8 Å². The Balaban J connectivity index is 2.00. The SMILES string of the molecule is CCCc1nc(NCC)cc(NCC2CCCCN2C)n1. The van der Waals surface area contributed by atoms with Gasteiger partial charge in [0.1, 0.15) is 17.5 Å². The molecule has 0 amide bonds. The summed E-state index contributed by atoms with van der Waals surface area (Å²) in [6, 6.07) is 2.64. The topological polar surface area (TPSA) is 53.1 Å². The molecule has 2 N–H and O–H groups in total. The van der Waals surface area contributed by atoms with E-state index in [1.54, 1.807) is 0 Å². The number of hydrogen-bond acceptors (Lipinski definition) is 5.